The Morgan fingerprint density at radius 1 is 1.27 bits per heavy atom. The van der Waals surface area contributed by atoms with Gasteiger partial charge in [0.15, 0.2) is 5.96 Å². The molecule has 0 radical (unpaired) electrons. The van der Waals surface area contributed by atoms with Crippen molar-refractivity contribution in [2.45, 2.75) is 45.2 Å². The fourth-order valence-electron chi connectivity index (χ4n) is 3.22. The van der Waals surface area contributed by atoms with Gasteiger partial charge in [0.25, 0.3) is 0 Å². The van der Waals surface area contributed by atoms with Crippen molar-refractivity contribution < 1.29 is 0 Å². The summed E-state index contributed by atoms with van der Waals surface area (Å²) in [6, 6.07) is 11.3. The molecular weight excluding hydrogens is 455 g/mol. The van der Waals surface area contributed by atoms with Crippen molar-refractivity contribution in [3.05, 3.63) is 35.9 Å². The minimum Gasteiger partial charge on any atom is -0.357 e. The number of unbranched alkanes of at least 4 members (excludes halogenated alkanes) is 1. The second kappa shape index (κ2) is 14.6. The van der Waals surface area contributed by atoms with E-state index in [0.717, 1.165) is 32.1 Å². The molecule has 1 unspecified atom stereocenters. The Bertz CT molecular complexity index is 498. The first-order chi connectivity index (χ1) is 12.3. The van der Waals surface area contributed by atoms with Gasteiger partial charge in [0.05, 0.1) is 0 Å². The lowest BCUT2D eigenvalue weighted by Gasteiger charge is -2.34. The summed E-state index contributed by atoms with van der Waals surface area (Å²) in [5.74, 6) is 2.22. The van der Waals surface area contributed by atoms with E-state index in [9.17, 15) is 0 Å². The number of nitrogens with zero attached hydrogens (tertiary/aromatic N) is 2. The first-order valence-electron chi connectivity index (χ1n) is 9.62. The van der Waals surface area contributed by atoms with Gasteiger partial charge in [-0.1, -0.05) is 30.3 Å². The van der Waals surface area contributed by atoms with Crippen LogP contribution in [0.4, 0.5) is 0 Å². The Balaban J connectivity index is 0.00000338. The fraction of sp³-hybridized carbons (Fsp3) is 0.650. The summed E-state index contributed by atoms with van der Waals surface area (Å²) in [5, 5.41) is 7.06. The molecule has 1 saturated heterocycles. The molecule has 1 aliphatic rings. The van der Waals surface area contributed by atoms with Gasteiger partial charge >= 0.3 is 0 Å². The Morgan fingerprint density at radius 2 is 2.08 bits per heavy atom. The summed E-state index contributed by atoms with van der Waals surface area (Å²) < 4.78 is 0. The van der Waals surface area contributed by atoms with Gasteiger partial charge < -0.3 is 10.6 Å². The number of thioether (sulfide) groups is 1. The van der Waals surface area contributed by atoms with E-state index in [1.165, 1.54) is 43.5 Å². The van der Waals surface area contributed by atoms with E-state index in [1.807, 2.05) is 11.8 Å². The maximum Gasteiger partial charge on any atom is 0.191 e. The molecule has 0 aliphatic carbocycles. The molecule has 0 spiro atoms. The van der Waals surface area contributed by atoms with Crippen LogP contribution in [0.25, 0.3) is 0 Å². The number of benzene rings is 1. The number of rotatable bonds is 9. The third kappa shape index (κ3) is 9.46. The average molecular weight is 490 g/mol. The van der Waals surface area contributed by atoms with Crippen molar-refractivity contribution in [1.82, 2.24) is 15.5 Å². The SMILES string of the molecule is CCNC(=NCCCCSC)NC1CCCN(Cc2ccccc2)C1.I. The van der Waals surface area contributed by atoms with Crippen LogP contribution < -0.4 is 10.6 Å². The first kappa shape index (κ1) is 23.6. The number of likely N-dealkylation sites (tertiary alicyclic amines) is 1. The van der Waals surface area contributed by atoms with E-state index < -0.39 is 0 Å². The number of aliphatic imine (C=N–C) groups is 1. The lowest BCUT2D eigenvalue weighted by Crippen LogP contribution is -2.51. The lowest BCUT2D eigenvalue weighted by molar-refractivity contribution is 0.192. The Kier molecular flexibility index (Phi) is 13.2. The predicted octanol–water partition coefficient (Wildman–Crippen LogP) is 3.97. The number of hydrogen-bond donors (Lipinski definition) is 2. The number of hydrogen-bond acceptors (Lipinski definition) is 3. The van der Waals surface area contributed by atoms with Crippen molar-refractivity contribution in [3.63, 3.8) is 0 Å². The maximum atomic E-state index is 4.76. The fourth-order valence-corrected chi connectivity index (χ4v) is 3.71. The van der Waals surface area contributed by atoms with Crippen LogP contribution in [0.5, 0.6) is 0 Å². The highest BCUT2D eigenvalue weighted by Crippen LogP contribution is 2.13. The van der Waals surface area contributed by atoms with Crippen molar-refractivity contribution in [3.8, 4) is 0 Å². The quantitative estimate of drug-likeness (QED) is 0.238. The number of halogens is 1. The van der Waals surface area contributed by atoms with E-state index >= 15 is 0 Å². The smallest absolute Gasteiger partial charge is 0.191 e. The van der Waals surface area contributed by atoms with Crippen LogP contribution in [0, 0.1) is 0 Å². The molecule has 1 aromatic rings. The van der Waals surface area contributed by atoms with Gasteiger partial charge in [-0.25, -0.2) is 0 Å². The maximum absolute atomic E-state index is 4.76. The molecule has 1 fully saturated rings. The van der Waals surface area contributed by atoms with Crippen LogP contribution in [0.1, 0.15) is 38.2 Å². The molecular formula is C20H35IN4S. The lowest BCUT2D eigenvalue weighted by atomic mass is 10.0. The van der Waals surface area contributed by atoms with Gasteiger partial charge in [-0.2, -0.15) is 11.8 Å². The second-order valence-electron chi connectivity index (χ2n) is 6.66. The van der Waals surface area contributed by atoms with Crippen LogP contribution in [0.3, 0.4) is 0 Å². The van der Waals surface area contributed by atoms with Gasteiger partial charge in [-0.3, -0.25) is 9.89 Å². The third-order valence-electron chi connectivity index (χ3n) is 4.47. The second-order valence-corrected chi connectivity index (χ2v) is 7.65. The van der Waals surface area contributed by atoms with Crippen LogP contribution >= 0.6 is 35.7 Å². The van der Waals surface area contributed by atoms with Gasteiger partial charge in [0.2, 0.25) is 0 Å². The summed E-state index contributed by atoms with van der Waals surface area (Å²) >= 11 is 1.91. The van der Waals surface area contributed by atoms with Crippen molar-refractivity contribution in [2.75, 3.05) is 38.2 Å². The Morgan fingerprint density at radius 3 is 2.81 bits per heavy atom. The molecule has 1 atom stereocenters. The van der Waals surface area contributed by atoms with Crippen molar-refractivity contribution >= 4 is 41.7 Å². The summed E-state index contributed by atoms with van der Waals surface area (Å²) in [5.41, 5.74) is 1.40. The number of piperidine rings is 1. The summed E-state index contributed by atoms with van der Waals surface area (Å²) in [6.45, 7) is 7.28. The minimum atomic E-state index is 0. The zero-order valence-electron chi connectivity index (χ0n) is 16.2. The zero-order chi connectivity index (χ0) is 17.7. The topological polar surface area (TPSA) is 39.7 Å². The summed E-state index contributed by atoms with van der Waals surface area (Å²) in [7, 11) is 0. The Hall–Kier alpha value is -0.470. The largest absolute Gasteiger partial charge is 0.357 e. The molecule has 1 aliphatic heterocycles. The standard InChI is InChI=1S/C20H34N4S.HI/c1-3-21-20(22-13-7-8-15-25-2)23-19-12-9-14-24(17-19)16-18-10-5-4-6-11-18;/h4-6,10-11,19H,3,7-9,12-17H2,1-2H3,(H2,21,22,23);1H. The highest BCUT2D eigenvalue weighted by molar-refractivity contribution is 14.0. The van der Waals surface area contributed by atoms with Crippen LogP contribution in [-0.2, 0) is 6.54 Å². The summed E-state index contributed by atoms with van der Waals surface area (Å²) in [4.78, 5) is 7.31. The number of guanidine groups is 1. The van der Waals surface area contributed by atoms with E-state index in [0.29, 0.717) is 6.04 Å². The normalized spacial score (nSPS) is 18.2. The molecule has 4 nitrogen and oxygen atoms in total. The molecule has 2 rings (SSSR count). The monoisotopic (exact) mass is 490 g/mol. The van der Waals surface area contributed by atoms with Gasteiger partial charge in [-0.05, 0) is 56.7 Å². The molecule has 6 heteroatoms. The minimum absolute atomic E-state index is 0. The molecule has 0 aromatic heterocycles. The van der Waals surface area contributed by atoms with Crippen molar-refractivity contribution in [2.24, 2.45) is 4.99 Å². The molecule has 1 heterocycles. The highest BCUT2D eigenvalue weighted by atomic mass is 127. The average Bonchev–Trinajstić information content (AvgIpc) is 2.63. The van der Waals surface area contributed by atoms with Crippen molar-refractivity contribution in [1.29, 1.82) is 0 Å². The molecule has 0 amide bonds. The highest BCUT2D eigenvalue weighted by Gasteiger charge is 2.20. The molecule has 2 N–H and O–H groups in total. The van der Waals surface area contributed by atoms with Gasteiger partial charge in [0.1, 0.15) is 0 Å². The predicted molar refractivity (Wildman–Crippen MR) is 127 cm³/mol. The molecule has 148 valence electrons. The third-order valence-corrected chi connectivity index (χ3v) is 5.16. The van der Waals surface area contributed by atoms with E-state index in [1.54, 1.807) is 0 Å². The van der Waals surface area contributed by atoms with Crippen LogP contribution in [0.15, 0.2) is 35.3 Å². The summed E-state index contributed by atoms with van der Waals surface area (Å²) in [6.07, 6.45) is 7.06. The Labute approximate surface area is 181 Å². The number of nitrogens with one attached hydrogen (secondary N) is 2. The van der Waals surface area contributed by atoms with Gasteiger partial charge in [0, 0.05) is 32.2 Å². The van der Waals surface area contributed by atoms with E-state index in [2.05, 4.69) is 59.0 Å². The molecule has 0 bridgehead atoms. The molecule has 26 heavy (non-hydrogen) atoms. The zero-order valence-corrected chi connectivity index (χ0v) is 19.4. The molecule has 1 aromatic carbocycles. The molecule has 0 saturated carbocycles. The van der Waals surface area contributed by atoms with E-state index in [4.69, 9.17) is 4.99 Å². The van der Waals surface area contributed by atoms with E-state index in [-0.39, 0.29) is 24.0 Å². The first-order valence-corrected chi connectivity index (χ1v) is 11.0. The van der Waals surface area contributed by atoms with Crippen LogP contribution in [-0.4, -0.2) is 55.1 Å². The van der Waals surface area contributed by atoms with Gasteiger partial charge in [-0.15, -0.1) is 24.0 Å². The van der Waals surface area contributed by atoms with Crippen LogP contribution in [0.2, 0.25) is 0 Å².